The Labute approximate surface area is 138 Å². The van der Waals surface area contributed by atoms with E-state index in [1.807, 2.05) is 0 Å². The summed E-state index contributed by atoms with van der Waals surface area (Å²) in [6.45, 7) is -0.655. The van der Waals surface area contributed by atoms with Gasteiger partial charge in [-0.3, -0.25) is 4.57 Å². The van der Waals surface area contributed by atoms with Gasteiger partial charge in [0.1, 0.15) is 0 Å². The lowest BCUT2D eigenvalue weighted by Gasteiger charge is -2.22. The van der Waals surface area contributed by atoms with Gasteiger partial charge in [-0.1, -0.05) is 19.3 Å². The molecule has 0 radical (unpaired) electrons. The van der Waals surface area contributed by atoms with Crippen molar-refractivity contribution in [1.29, 1.82) is 0 Å². The third-order valence-corrected chi connectivity index (χ3v) is 5.68. The SMILES string of the molecule is O=C([O-])Cn1c(=O)oc2cc(S(=O)(=O)NC3CCCCC3)ccc21. The van der Waals surface area contributed by atoms with Crippen LogP contribution in [0.5, 0.6) is 0 Å². The van der Waals surface area contributed by atoms with E-state index in [0.717, 1.165) is 36.7 Å². The van der Waals surface area contributed by atoms with Crippen LogP contribution in [-0.4, -0.2) is 25.0 Å². The Morgan fingerprint density at radius 2 is 2.00 bits per heavy atom. The van der Waals surface area contributed by atoms with E-state index in [1.54, 1.807) is 0 Å². The number of carbonyl (C=O) groups is 1. The molecule has 1 aliphatic carbocycles. The van der Waals surface area contributed by atoms with Gasteiger partial charge >= 0.3 is 5.76 Å². The number of aromatic nitrogens is 1. The van der Waals surface area contributed by atoms with Crippen molar-refractivity contribution < 1.29 is 22.7 Å². The number of fused-ring (bicyclic) bond motifs is 1. The fraction of sp³-hybridized carbons (Fsp3) is 0.467. The molecule has 3 rings (SSSR count). The van der Waals surface area contributed by atoms with E-state index >= 15 is 0 Å². The Balaban J connectivity index is 1.92. The second-order valence-electron chi connectivity index (χ2n) is 5.91. The van der Waals surface area contributed by atoms with Crippen LogP contribution in [0.2, 0.25) is 0 Å². The van der Waals surface area contributed by atoms with Gasteiger partial charge in [-0.25, -0.2) is 17.9 Å². The van der Waals surface area contributed by atoms with Gasteiger partial charge in [0.25, 0.3) is 0 Å². The molecular formula is C15H17N2O6S-. The van der Waals surface area contributed by atoms with E-state index < -0.39 is 28.3 Å². The van der Waals surface area contributed by atoms with E-state index in [-0.39, 0.29) is 22.0 Å². The van der Waals surface area contributed by atoms with E-state index in [9.17, 15) is 23.1 Å². The lowest BCUT2D eigenvalue weighted by atomic mass is 9.96. The van der Waals surface area contributed by atoms with Crippen molar-refractivity contribution in [1.82, 2.24) is 9.29 Å². The maximum absolute atomic E-state index is 12.5. The normalized spacial score (nSPS) is 16.5. The summed E-state index contributed by atoms with van der Waals surface area (Å²) >= 11 is 0. The van der Waals surface area contributed by atoms with Crippen LogP contribution in [0, 0.1) is 0 Å². The first kappa shape index (κ1) is 16.7. The van der Waals surface area contributed by atoms with Gasteiger partial charge in [0.15, 0.2) is 5.58 Å². The summed E-state index contributed by atoms with van der Waals surface area (Å²) in [6.07, 6.45) is 4.71. The number of carboxylic acids is 1. The number of carboxylic acid groups (broad SMARTS) is 1. The summed E-state index contributed by atoms with van der Waals surface area (Å²) in [4.78, 5) is 22.4. The molecule has 2 aromatic rings. The van der Waals surface area contributed by atoms with Crippen molar-refractivity contribution in [2.45, 2.75) is 49.6 Å². The van der Waals surface area contributed by atoms with E-state index in [4.69, 9.17) is 4.42 Å². The highest BCUT2D eigenvalue weighted by molar-refractivity contribution is 7.89. The predicted octanol–water partition coefficient (Wildman–Crippen LogP) is -0.0446. The van der Waals surface area contributed by atoms with Crippen LogP contribution in [0.4, 0.5) is 0 Å². The Morgan fingerprint density at radius 1 is 1.29 bits per heavy atom. The van der Waals surface area contributed by atoms with Gasteiger partial charge in [-0.15, -0.1) is 0 Å². The van der Waals surface area contributed by atoms with Crippen molar-refractivity contribution >= 4 is 27.1 Å². The Morgan fingerprint density at radius 3 is 2.67 bits per heavy atom. The summed E-state index contributed by atoms with van der Waals surface area (Å²) in [7, 11) is -3.73. The topological polar surface area (TPSA) is 121 Å². The van der Waals surface area contributed by atoms with Crippen LogP contribution >= 0.6 is 0 Å². The maximum Gasteiger partial charge on any atom is 0.420 e. The molecule has 1 aliphatic rings. The molecule has 1 heterocycles. The molecule has 0 unspecified atom stereocenters. The van der Waals surface area contributed by atoms with Crippen molar-refractivity contribution in [2.75, 3.05) is 0 Å². The molecule has 1 fully saturated rings. The van der Waals surface area contributed by atoms with Crippen molar-refractivity contribution in [3.05, 3.63) is 28.7 Å². The minimum atomic E-state index is -3.73. The standard InChI is InChI=1S/C15H18N2O6S/c18-14(19)9-17-12-7-6-11(8-13(12)23-15(17)20)24(21,22)16-10-4-2-1-3-5-10/h6-8,10,16H,1-5,9H2,(H,18,19)/p-1. The van der Waals surface area contributed by atoms with E-state index in [1.165, 1.54) is 18.2 Å². The minimum absolute atomic E-state index is 0.0186. The lowest BCUT2D eigenvalue weighted by molar-refractivity contribution is -0.306. The molecule has 24 heavy (non-hydrogen) atoms. The summed E-state index contributed by atoms with van der Waals surface area (Å²) in [5.74, 6) is -2.31. The fourth-order valence-corrected chi connectivity index (χ4v) is 4.32. The molecule has 9 heteroatoms. The Bertz CT molecular complexity index is 921. The first-order chi connectivity index (χ1) is 11.4. The third-order valence-electron chi connectivity index (χ3n) is 4.16. The van der Waals surface area contributed by atoms with Gasteiger partial charge in [-0.2, -0.15) is 0 Å². The summed E-state index contributed by atoms with van der Waals surface area (Å²) in [6, 6.07) is 3.83. The molecular weight excluding hydrogens is 336 g/mol. The fourth-order valence-electron chi connectivity index (χ4n) is 3.00. The molecule has 0 amide bonds. The number of sulfonamides is 1. The average molecular weight is 353 g/mol. The van der Waals surface area contributed by atoms with Crippen molar-refractivity contribution in [3.63, 3.8) is 0 Å². The summed E-state index contributed by atoms with van der Waals surface area (Å²) < 4.78 is 33.4. The molecule has 1 saturated carbocycles. The van der Waals surface area contributed by atoms with E-state index in [0.29, 0.717) is 0 Å². The number of oxazole rings is 1. The quantitative estimate of drug-likeness (QED) is 0.805. The zero-order valence-corrected chi connectivity index (χ0v) is 13.7. The number of rotatable bonds is 5. The molecule has 0 atom stereocenters. The third kappa shape index (κ3) is 3.36. The molecule has 1 aromatic heterocycles. The highest BCUT2D eigenvalue weighted by atomic mass is 32.2. The first-order valence-electron chi connectivity index (χ1n) is 7.72. The summed E-state index contributed by atoms with van der Waals surface area (Å²) in [5, 5.41) is 10.7. The number of nitrogens with one attached hydrogen (secondary N) is 1. The van der Waals surface area contributed by atoms with Crippen molar-refractivity contribution in [2.24, 2.45) is 0 Å². The van der Waals surface area contributed by atoms with Crippen LogP contribution in [0.3, 0.4) is 0 Å². The van der Waals surface area contributed by atoms with Crippen LogP contribution in [0.25, 0.3) is 11.1 Å². The second-order valence-corrected chi connectivity index (χ2v) is 7.63. The largest absolute Gasteiger partial charge is 0.548 e. The summed E-state index contributed by atoms with van der Waals surface area (Å²) in [5.41, 5.74) is 0.230. The number of nitrogens with zero attached hydrogens (tertiary/aromatic N) is 1. The first-order valence-corrected chi connectivity index (χ1v) is 9.21. The molecule has 0 aliphatic heterocycles. The maximum atomic E-state index is 12.5. The zero-order chi connectivity index (χ0) is 17.3. The number of benzene rings is 1. The zero-order valence-electron chi connectivity index (χ0n) is 12.9. The Hall–Kier alpha value is -2.13. The van der Waals surface area contributed by atoms with Crippen LogP contribution in [0.1, 0.15) is 32.1 Å². The Kier molecular flexibility index (Phi) is 4.46. The molecule has 130 valence electrons. The highest BCUT2D eigenvalue weighted by Gasteiger charge is 2.23. The van der Waals surface area contributed by atoms with Crippen LogP contribution in [0.15, 0.2) is 32.3 Å². The average Bonchev–Trinajstić information content (AvgIpc) is 2.82. The van der Waals surface area contributed by atoms with Gasteiger partial charge in [0, 0.05) is 12.1 Å². The van der Waals surface area contributed by atoms with Gasteiger partial charge in [-0.05, 0) is 25.0 Å². The molecule has 8 nitrogen and oxygen atoms in total. The van der Waals surface area contributed by atoms with Crippen LogP contribution < -0.4 is 15.6 Å². The number of carbonyl (C=O) groups excluding carboxylic acids is 1. The minimum Gasteiger partial charge on any atom is -0.548 e. The second kappa shape index (κ2) is 6.40. The molecule has 0 spiro atoms. The van der Waals surface area contributed by atoms with Gasteiger partial charge < -0.3 is 14.3 Å². The van der Waals surface area contributed by atoms with Gasteiger partial charge in [0.2, 0.25) is 10.0 Å². The smallest absolute Gasteiger partial charge is 0.420 e. The van der Waals surface area contributed by atoms with Gasteiger partial charge in [0.05, 0.1) is 22.9 Å². The van der Waals surface area contributed by atoms with Crippen LogP contribution in [-0.2, 0) is 21.4 Å². The molecule has 0 bridgehead atoms. The predicted molar refractivity (Wildman–Crippen MR) is 82.7 cm³/mol. The molecule has 1 N–H and O–H groups in total. The van der Waals surface area contributed by atoms with Crippen molar-refractivity contribution in [3.8, 4) is 0 Å². The number of hydrogen-bond acceptors (Lipinski definition) is 6. The number of hydrogen-bond donors (Lipinski definition) is 1. The lowest BCUT2D eigenvalue weighted by Crippen LogP contribution is -2.36. The molecule has 0 saturated heterocycles. The number of aliphatic carboxylic acids is 1. The monoisotopic (exact) mass is 353 g/mol. The van der Waals surface area contributed by atoms with E-state index in [2.05, 4.69) is 4.72 Å². The highest BCUT2D eigenvalue weighted by Crippen LogP contribution is 2.22. The molecule has 1 aromatic carbocycles.